The lowest BCUT2D eigenvalue weighted by atomic mass is 9.99. The van der Waals surface area contributed by atoms with Crippen LogP contribution in [-0.4, -0.2) is 20.1 Å². The maximum absolute atomic E-state index is 8.46. The molecule has 0 amide bonds. The van der Waals surface area contributed by atoms with Gasteiger partial charge in [-0.3, -0.25) is 0 Å². The highest BCUT2D eigenvalue weighted by Crippen LogP contribution is 2.36. The van der Waals surface area contributed by atoms with Crippen molar-refractivity contribution in [3.05, 3.63) is 0 Å². The standard InChI is InChI=1S/2C6H11.Al.HO2P/c2*1-2-4-6-5-3-1;;1-3-2/h2*1H,2-6H2;;(H,1,2). The van der Waals surface area contributed by atoms with E-state index in [4.69, 9.17) is 9.46 Å². The Balaban J connectivity index is 0.000000386. The van der Waals surface area contributed by atoms with E-state index < -0.39 is 8.69 Å². The normalized spacial score (nSPS) is 23.6. The predicted molar refractivity (Wildman–Crippen MR) is 69.2 cm³/mol. The van der Waals surface area contributed by atoms with Crippen molar-refractivity contribution in [1.82, 2.24) is 0 Å². The van der Waals surface area contributed by atoms with Crippen LogP contribution in [0.2, 0.25) is 9.56 Å². The summed E-state index contributed by atoms with van der Waals surface area (Å²) in [6.45, 7) is 0. The van der Waals surface area contributed by atoms with Crippen LogP contribution in [0.15, 0.2) is 0 Å². The monoisotopic (exact) mass is 257 g/mol. The molecule has 2 saturated carbocycles. The maximum atomic E-state index is 8.46. The molecule has 0 heterocycles. The number of hydrogen-bond donors (Lipinski definition) is 1. The first kappa shape index (κ1) is 14.7. The predicted octanol–water partition coefficient (Wildman–Crippen LogP) is 4.38. The molecule has 2 nitrogen and oxygen atoms in total. The summed E-state index contributed by atoms with van der Waals surface area (Å²) in [5.41, 5.74) is 0. The van der Waals surface area contributed by atoms with E-state index in [9.17, 15) is 0 Å². The van der Waals surface area contributed by atoms with Crippen molar-refractivity contribution >= 4 is 23.9 Å². The van der Waals surface area contributed by atoms with E-state index in [0.717, 1.165) is 15.2 Å². The molecular formula is C12H23AlO2P. The zero-order valence-corrected chi connectivity index (χ0v) is 12.2. The Labute approximate surface area is 107 Å². The molecule has 2 aliphatic rings. The third-order valence-electron chi connectivity index (χ3n) is 3.84. The molecule has 2 rings (SSSR count). The number of rotatable bonds is 2. The van der Waals surface area contributed by atoms with Crippen LogP contribution in [0.3, 0.4) is 0 Å². The molecule has 0 aromatic carbocycles. The molecule has 0 aromatic rings. The van der Waals surface area contributed by atoms with Gasteiger partial charge in [0.05, 0.1) is 0 Å². The van der Waals surface area contributed by atoms with Crippen molar-refractivity contribution in [3.8, 4) is 0 Å². The van der Waals surface area contributed by atoms with Gasteiger partial charge in [-0.05, 0) is 0 Å². The lowest BCUT2D eigenvalue weighted by Gasteiger charge is -2.27. The molecule has 16 heavy (non-hydrogen) atoms. The largest absolute Gasteiger partial charge is 0.324 e. The minimum Gasteiger partial charge on any atom is -0.310 e. The first-order chi connectivity index (χ1) is 7.86. The Bertz CT molecular complexity index is 162. The molecule has 0 aromatic heterocycles. The van der Waals surface area contributed by atoms with Gasteiger partial charge in [-0.1, -0.05) is 73.8 Å². The van der Waals surface area contributed by atoms with Crippen molar-refractivity contribution in [2.24, 2.45) is 0 Å². The Morgan fingerprint density at radius 1 is 0.812 bits per heavy atom. The van der Waals surface area contributed by atoms with Crippen LogP contribution in [0.1, 0.15) is 64.2 Å². The Morgan fingerprint density at radius 3 is 1.44 bits per heavy atom. The molecular weight excluding hydrogens is 234 g/mol. The van der Waals surface area contributed by atoms with E-state index in [0.29, 0.717) is 0 Å². The van der Waals surface area contributed by atoms with Crippen LogP contribution in [0.5, 0.6) is 0 Å². The van der Waals surface area contributed by atoms with Crippen LogP contribution in [-0.2, 0) is 4.57 Å². The fourth-order valence-electron chi connectivity index (χ4n) is 3.04. The quantitative estimate of drug-likeness (QED) is 0.588. The van der Waals surface area contributed by atoms with Crippen LogP contribution >= 0.6 is 8.69 Å². The van der Waals surface area contributed by atoms with Gasteiger partial charge < -0.3 is 4.89 Å². The third-order valence-corrected chi connectivity index (χ3v) is 6.27. The highest BCUT2D eigenvalue weighted by atomic mass is 31.1. The van der Waals surface area contributed by atoms with E-state index in [1.807, 2.05) is 0 Å². The molecule has 4 heteroatoms. The minimum absolute atomic E-state index is 0.825. The van der Waals surface area contributed by atoms with Crippen molar-refractivity contribution in [1.29, 1.82) is 0 Å². The summed E-state index contributed by atoms with van der Waals surface area (Å²) in [7, 11) is -0.833. The molecule has 0 bridgehead atoms. The lowest BCUT2D eigenvalue weighted by Crippen LogP contribution is -2.16. The van der Waals surface area contributed by atoms with Gasteiger partial charge in [0.2, 0.25) is 15.2 Å². The summed E-state index contributed by atoms with van der Waals surface area (Å²) in [4.78, 5) is 6.99. The van der Waals surface area contributed by atoms with Crippen molar-refractivity contribution in [2.45, 2.75) is 73.8 Å². The first-order valence-electron chi connectivity index (χ1n) is 6.68. The van der Waals surface area contributed by atoms with Crippen LogP contribution in [0.4, 0.5) is 0 Å². The van der Waals surface area contributed by atoms with Crippen molar-refractivity contribution < 1.29 is 9.46 Å². The molecule has 1 radical (unpaired) electrons. The minimum atomic E-state index is -0.833. The molecule has 0 saturated heterocycles. The third kappa shape index (κ3) is 6.36. The fraction of sp³-hybridized carbons (Fsp3) is 1.00. The van der Waals surface area contributed by atoms with E-state index in [1.165, 1.54) is 22.4 Å². The molecule has 0 aliphatic heterocycles. The van der Waals surface area contributed by atoms with Gasteiger partial charge in [0, 0.05) is 0 Å². The maximum Gasteiger partial charge on any atom is 0.324 e. The van der Waals surface area contributed by atoms with Gasteiger partial charge in [-0.25, -0.2) is 4.57 Å². The average Bonchev–Trinajstić information content (AvgIpc) is 2.33. The molecule has 2 aliphatic carbocycles. The van der Waals surface area contributed by atoms with Crippen LogP contribution < -0.4 is 0 Å². The Kier molecular flexibility index (Phi) is 8.80. The smallest absolute Gasteiger partial charge is 0.310 e. The second-order valence-electron chi connectivity index (χ2n) is 5.07. The van der Waals surface area contributed by atoms with E-state index in [-0.39, 0.29) is 0 Å². The summed E-state index contributed by atoms with van der Waals surface area (Å²) in [5, 5.41) is 0. The summed E-state index contributed by atoms with van der Waals surface area (Å²) in [5.74, 6) is 0. The Hall–Kier alpha value is 0.592. The molecule has 0 atom stereocenters. The van der Waals surface area contributed by atoms with E-state index in [2.05, 4.69) is 0 Å². The lowest BCUT2D eigenvalue weighted by molar-refractivity contribution is 0.470. The summed E-state index contributed by atoms with van der Waals surface area (Å²) in [6.07, 6.45) is 15.6. The molecule has 0 spiro atoms. The highest BCUT2D eigenvalue weighted by Gasteiger charge is 2.21. The highest BCUT2D eigenvalue weighted by molar-refractivity contribution is 7.16. The van der Waals surface area contributed by atoms with Crippen LogP contribution in [0, 0.1) is 0 Å². The van der Waals surface area contributed by atoms with E-state index >= 15 is 0 Å². The number of hydrogen-bond acceptors (Lipinski definition) is 1. The molecule has 2 fully saturated rings. The Morgan fingerprint density at radius 2 is 1.12 bits per heavy atom. The SMILES string of the molecule is C1CC[CH]([Al][CH]2CCCCC2)CC1.O=PO. The topological polar surface area (TPSA) is 37.3 Å². The summed E-state index contributed by atoms with van der Waals surface area (Å²) in [6, 6.07) is 0. The van der Waals surface area contributed by atoms with Gasteiger partial charge >= 0.3 is 8.69 Å². The van der Waals surface area contributed by atoms with Crippen molar-refractivity contribution in [2.75, 3.05) is 0 Å². The second-order valence-corrected chi connectivity index (χ2v) is 7.50. The fourth-order valence-corrected chi connectivity index (χ4v) is 5.52. The van der Waals surface area contributed by atoms with E-state index in [1.54, 1.807) is 51.4 Å². The molecule has 91 valence electrons. The zero-order valence-electron chi connectivity index (χ0n) is 10.1. The van der Waals surface area contributed by atoms with Gasteiger partial charge in [-0.15, -0.1) is 0 Å². The molecule has 1 N–H and O–H groups in total. The molecule has 0 unspecified atom stereocenters. The van der Waals surface area contributed by atoms with Gasteiger partial charge in [-0.2, -0.15) is 0 Å². The van der Waals surface area contributed by atoms with Gasteiger partial charge in [0.1, 0.15) is 0 Å². The average molecular weight is 257 g/mol. The first-order valence-corrected chi connectivity index (χ1v) is 8.78. The van der Waals surface area contributed by atoms with Gasteiger partial charge in [0.15, 0.2) is 0 Å². The zero-order chi connectivity index (χ0) is 11.6. The second kappa shape index (κ2) is 9.61. The summed E-state index contributed by atoms with van der Waals surface area (Å²) >= 11 is 0.825. The van der Waals surface area contributed by atoms with Crippen LogP contribution in [0.25, 0.3) is 0 Å². The van der Waals surface area contributed by atoms with Gasteiger partial charge in [0.25, 0.3) is 0 Å². The summed E-state index contributed by atoms with van der Waals surface area (Å²) < 4.78 is 10.9. The van der Waals surface area contributed by atoms with Crippen molar-refractivity contribution in [3.63, 3.8) is 0 Å².